The Morgan fingerprint density at radius 3 is 3.00 bits per heavy atom. The quantitative estimate of drug-likeness (QED) is 0.642. The van der Waals surface area contributed by atoms with Gasteiger partial charge in [0.2, 0.25) is 0 Å². The highest BCUT2D eigenvalue weighted by Crippen LogP contribution is 2.05. The summed E-state index contributed by atoms with van der Waals surface area (Å²) >= 11 is 0. The van der Waals surface area contributed by atoms with E-state index >= 15 is 0 Å². The number of hydrogen-bond acceptors (Lipinski definition) is 3. The molecule has 0 saturated heterocycles. The van der Waals surface area contributed by atoms with Crippen molar-refractivity contribution in [3.8, 4) is 0 Å². The topological polar surface area (TPSA) is 81.1 Å². The molecule has 0 aliphatic carbocycles. The van der Waals surface area contributed by atoms with Gasteiger partial charge in [0.25, 0.3) is 0 Å². The molecular weight excluding hydrogens is 271 g/mol. The van der Waals surface area contributed by atoms with E-state index in [4.69, 9.17) is 5.73 Å². The van der Waals surface area contributed by atoms with Crippen molar-refractivity contribution in [1.29, 1.82) is 0 Å². The molecule has 0 bridgehead atoms. The maximum atomic E-state index is 13.1. The monoisotopic (exact) mass is 290 g/mol. The highest BCUT2D eigenvalue weighted by Gasteiger charge is 2.03. The molecular formula is C14H19FN6. The summed E-state index contributed by atoms with van der Waals surface area (Å²) in [5.74, 6) is 0.677. The number of nitrogens with zero attached hydrogens (tertiary/aromatic N) is 4. The number of nitrogens with two attached hydrogens (primary N) is 1. The Labute approximate surface area is 122 Å². The molecule has 0 atom stereocenters. The van der Waals surface area contributed by atoms with E-state index < -0.39 is 0 Å². The Morgan fingerprint density at radius 1 is 1.48 bits per heavy atom. The second-order valence-corrected chi connectivity index (χ2v) is 4.99. The van der Waals surface area contributed by atoms with E-state index in [1.807, 2.05) is 19.9 Å². The van der Waals surface area contributed by atoms with Crippen molar-refractivity contribution in [2.24, 2.45) is 10.7 Å². The Balaban J connectivity index is 1.95. The third-order valence-corrected chi connectivity index (χ3v) is 2.64. The molecule has 2 aromatic rings. The van der Waals surface area contributed by atoms with Gasteiger partial charge in [-0.25, -0.2) is 19.0 Å². The molecule has 1 aromatic heterocycles. The van der Waals surface area contributed by atoms with E-state index in [-0.39, 0.29) is 11.9 Å². The largest absolute Gasteiger partial charge is 0.370 e. The summed E-state index contributed by atoms with van der Waals surface area (Å²) in [6.45, 7) is 4.73. The van der Waals surface area contributed by atoms with Gasteiger partial charge in [-0.1, -0.05) is 12.1 Å². The first-order chi connectivity index (χ1) is 10.0. The van der Waals surface area contributed by atoms with E-state index in [0.717, 1.165) is 5.56 Å². The number of nitrogens with one attached hydrogen (secondary N) is 1. The number of hydrogen-bond donors (Lipinski definition) is 2. The zero-order valence-electron chi connectivity index (χ0n) is 12.1. The fourth-order valence-corrected chi connectivity index (χ4v) is 1.80. The fourth-order valence-electron chi connectivity index (χ4n) is 1.80. The first-order valence-corrected chi connectivity index (χ1v) is 6.72. The SMILES string of the molecule is CC(C)NC(N)=NCc1ncn(Cc2cccc(F)c2)n1. The highest BCUT2D eigenvalue weighted by molar-refractivity contribution is 5.77. The molecule has 0 amide bonds. The minimum atomic E-state index is -0.259. The van der Waals surface area contributed by atoms with Crippen LogP contribution in [0.5, 0.6) is 0 Å². The Bertz CT molecular complexity index is 619. The first-order valence-electron chi connectivity index (χ1n) is 6.72. The van der Waals surface area contributed by atoms with Crippen molar-refractivity contribution < 1.29 is 4.39 Å². The minimum absolute atomic E-state index is 0.229. The maximum absolute atomic E-state index is 13.1. The summed E-state index contributed by atoms with van der Waals surface area (Å²) in [6, 6.07) is 6.63. The molecule has 0 radical (unpaired) electrons. The van der Waals surface area contributed by atoms with Gasteiger partial charge in [0.15, 0.2) is 11.8 Å². The van der Waals surface area contributed by atoms with Crippen LogP contribution in [0.1, 0.15) is 25.2 Å². The third kappa shape index (κ3) is 4.87. The van der Waals surface area contributed by atoms with E-state index in [1.165, 1.54) is 12.1 Å². The van der Waals surface area contributed by atoms with Crippen molar-refractivity contribution in [1.82, 2.24) is 20.1 Å². The van der Waals surface area contributed by atoms with Crippen LogP contribution >= 0.6 is 0 Å². The number of rotatable bonds is 5. The molecule has 21 heavy (non-hydrogen) atoms. The van der Waals surface area contributed by atoms with Crippen LogP contribution in [-0.4, -0.2) is 26.8 Å². The summed E-state index contributed by atoms with van der Waals surface area (Å²) in [5.41, 5.74) is 6.53. The van der Waals surface area contributed by atoms with Gasteiger partial charge in [0.05, 0.1) is 6.54 Å². The van der Waals surface area contributed by atoms with Crippen LogP contribution < -0.4 is 11.1 Å². The predicted molar refractivity (Wildman–Crippen MR) is 79.1 cm³/mol. The van der Waals surface area contributed by atoms with Crippen LogP contribution in [0.25, 0.3) is 0 Å². The fraction of sp³-hybridized carbons (Fsp3) is 0.357. The summed E-state index contributed by atoms with van der Waals surface area (Å²) in [5, 5.41) is 7.27. The molecule has 0 saturated carbocycles. The van der Waals surface area contributed by atoms with Crippen LogP contribution in [0, 0.1) is 5.82 Å². The lowest BCUT2D eigenvalue weighted by atomic mass is 10.2. The van der Waals surface area contributed by atoms with Crippen LogP contribution in [0.2, 0.25) is 0 Å². The van der Waals surface area contributed by atoms with Gasteiger partial charge in [0.1, 0.15) is 18.7 Å². The van der Waals surface area contributed by atoms with E-state index in [2.05, 4.69) is 20.4 Å². The van der Waals surface area contributed by atoms with Crippen molar-refractivity contribution in [2.75, 3.05) is 0 Å². The van der Waals surface area contributed by atoms with E-state index in [0.29, 0.717) is 24.9 Å². The summed E-state index contributed by atoms with van der Waals surface area (Å²) < 4.78 is 14.7. The molecule has 1 aromatic carbocycles. The lowest BCUT2D eigenvalue weighted by Crippen LogP contribution is -2.36. The van der Waals surface area contributed by atoms with Gasteiger partial charge >= 0.3 is 0 Å². The van der Waals surface area contributed by atoms with Crippen molar-refractivity contribution in [2.45, 2.75) is 33.0 Å². The normalized spacial score (nSPS) is 11.9. The summed E-state index contributed by atoms with van der Waals surface area (Å²) in [4.78, 5) is 8.31. The molecule has 0 spiro atoms. The molecule has 7 heteroatoms. The van der Waals surface area contributed by atoms with Gasteiger partial charge in [-0.3, -0.25) is 0 Å². The standard InChI is InChI=1S/C14H19FN6/c1-10(2)19-14(16)17-7-13-18-9-21(20-13)8-11-4-3-5-12(15)6-11/h3-6,9-10H,7-8H2,1-2H3,(H3,16,17,19). The minimum Gasteiger partial charge on any atom is -0.370 e. The van der Waals surface area contributed by atoms with Gasteiger partial charge in [-0.15, -0.1) is 0 Å². The molecule has 3 N–H and O–H groups in total. The van der Waals surface area contributed by atoms with Crippen LogP contribution in [0.4, 0.5) is 4.39 Å². The number of guanidine groups is 1. The first kappa shape index (κ1) is 15.0. The molecule has 1 heterocycles. The van der Waals surface area contributed by atoms with Gasteiger partial charge in [0, 0.05) is 6.04 Å². The molecule has 6 nitrogen and oxygen atoms in total. The molecule has 0 aliphatic heterocycles. The van der Waals surface area contributed by atoms with Crippen molar-refractivity contribution in [3.05, 3.63) is 47.8 Å². The zero-order chi connectivity index (χ0) is 15.2. The lowest BCUT2D eigenvalue weighted by molar-refractivity contribution is 0.618. The van der Waals surface area contributed by atoms with Crippen LogP contribution in [0.3, 0.4) is 0 Å². The zero-order valence-corrected chi connectivity index (χ0v) is 12.1. The average molecular weight is 290 g/mol. The van der Waals surface area contributed by atoms with Gasteiger partial charge < -0.3 is 11.1 Å². The van der Waals surface area contributed by atoms with Crippen LogP contribution in [-0.2, 0) is 13.1 Å². The van der Waals surface area contributed by atoms with Crippen molar-refractivity contribution in [3.63, 3.8) is 0 Å². The van der Waals surface area contributed by atoms with Gasteiger partial charge in [-0.05, 0) is 31.5 Å². The number of aromatic nitrogens is 3. The second kappa shape index (κ2) is 6.83. The molecule has 0 aliphatic rings. The molecule has 0 fully saturated rings. The Hall–Kier alpha value is -2.44. The smallest absolute Gasteiger partial charge is 0.189 e. The Morgan fingerprint density at radius 2 is 2.29 bits per heavy atom. The predicted octanol–water partition coefficient (Wildman–Crippen LogP) is 1.28. The van der Waals surface area contributed by atoms with E-state index in [9.17, 15) is 4.39 Å². The Kier molecular flexibility index (Phi) is 4.86. The van der Waals surface area contributed by atoms with Crippen LogP contribution in [0.15, 0.2) is 35.6 Å². The molecule has 2 rings (SSSR count). The summed E-state index contributed by atoms with van der Waals surface area (Å²) in [7, 11) is 0. The van der Waals surface area contributed by atoms with Crippen molar-refractivity contribution >= 4 is 5.96 Å². The number of benzene rings is 1. The number of halogens is 1. The average Bonchev–Trinajstić information content (AvgIpc) is 2.83. The third-order valence-electron chi connectivity index (χ3n) is 2.64. The maximum Gasteiger partial charge on any atom is 0.189 e. The molecule has 112 valence electrons. The second-order valence-electron chi connectivity index (χ2n) is 4.99. The summed E-state index contributed by atoms with van der Waals surface area (Å²) in [6.07, 6.45) is 1.60. The molecule has 0 unspecified atom stereocenters. The lowest BCUT2D eigenvalue weighted by Gasteiger charge is -2.07. The van der Waals surface area contributed by atoms with E-state index in [1.54, 1.807) is 17.1 Å². The highest BCUT2D eigenvalue weighted by atomic mass is 19.1. The number of aliphatic imine (C=N–C) groups is 1. The van der Waals surface area contributed by atoms with Gasteiger partial charge in [-0.2, -0.15) is 5.10 Å².